The number of anilines is 2. The molecule has 2 aromatic heterocycles. The third kappa shape index (κ3) is 10.8. The van der Waals surface area contributed by atoms with Gasteiger partial charge >= 0.3 is 12.0 Å². The minimum absolute atomic E-state index is 0.115. The first-order valence-electron chi connectivity index (χ1n) is 21.8. The van der Waals surface area contributed by atoms with Gasteiger partial charge in [0.15, 0.2) is 0 Å². The molecule has 6 heterocycles. The van der Waals surface area contributed by atoms with Gasteiger partial charge in [-0.05, 0) is 158 Å². The first kappa shape index (κ1) is 49.0. The number of nitrogens with one attached hydrogen (secondary N) is 2. The van der Waals surface area contributed by atoms with Crippen LogP contribution in [0, 0.1) is 0 Å². The molecule has 0 unspecified atom stereocenters. The molecule has 4 fully saturated rings. The second-order valence-electron chi connectivity index (χ2n) is 23.1. The van der Waals surface area contributed by atoms with Crippen LogP contribution in [0.3, 0.4) is 0 Å². The van der Waals surface area contributed by atoms with Crippen LogP contribution < -0.4 is 20.1 Å². The molecule has 2 N–H and O–H groups in total. The molecule has 4 radical (unpaired) electrons. The maximum atomic E-state index is 13.2. The van der Waals surface area contributed by atoms with Gasteiger partial charge in [-0.2, -0.15) is 29.9 Å². The van der Waals surface area contributed by atoms with E-state index in [4.69, 9.17) is 39.4 Å². The number of ether oxygens (including phenoxy) is 2. The van der Waals surface area contributed by atoms with Crippen LogP contribution in [0.15, 0.2) is 10.3 Å². The Labute approximate surface area is 376 Å². The number of piperidine rings is 4. The molecule has 4 saturated heterocycles. The molecule has 6 rings (SSSR count). The molecule has 0 bridgehead atoms. The van der Waals surface area contributed by atoms with Crippen molar-refractivity contribution >= 4 is 33.5 Å². The Morgan fingerprint density at radius 2 is 0.645 bits per heavy atom. The molecule has 0 saturated carbocycles. The van der Waals surface area contributed by atoms with Crippen molar-refractivity contribution in [1.82, 2.24) is 50.2 Å². The minimum Gasteiger partial charge on any atom is -0.460 e. The van der Waals surface area contributed by atoms with Gasteiger partial charge in [-0.3, -0.25) is 0 Å². The van der Waals surface area contributed by atoms with E-state index in [1.807, 2.05) is 111 Å². The van der Waals surface area contributed by atoms with Crippen molar-refractivity contribution in [2.75, 3.05) is 10.6 Å². The third-order valence-electron chi connectivity index (χ3n) is 12.9. The number of rotatable bonds is 11. The van der Waals surface area contributed by atoms with Crippen LogP contribution in [0.25, 0.3) is 0 Å². The maximum Gasteiger partial charge on any atom is 0.322 e. The highest BCUT2D eigenvalue weighted by Gasteiger charge is 2.50. The summed E-state index contributed by atoms with van der Waals surface area (Å²) in [6, 6.07) is 0.00835. The van der Waals surface area contributed by atoms with E-state index >= 15 is 0 Å². The molecule has 0 amide bonds. The van der Waals surface area contributed by atoms with Gasteiger partial charge in [0.05, 0.1) is 0 Å². The van der Waals surface area contributed by atoms with Crippen LogP contribution in [0.1, 0.15) is 162 Å². The van der Waals surface area contributed by atoms with E-state index in [0.717, 1.165) is 10.1 Å². The van der Waals surface area contributed by atoms with Gasteiger partial charge < -0.3 is 20.1 Å². The topological polar surface area (TPSA) is 212 Å². The van der Waals surface area contributed by atoms with Gasteiger partial charge in [-0.25, -0.2) is 0 Å². The van der Waals surface area contributed by atoms with Crippen LogP contribution in [0.5, 0.6) is 12.0 Å². The molecule has 62 heavy (non-hydrogen) atoms. The van der Waals surface area contributed by atoms with Gasteiger partial charge in [0.1, 0.15) is 12.2 Å². The second kappa shape index (κ2) is 16.8. The highest BCUT2D eigenvalue weighted by Crippen LogP contribution is 2.43. The number of nitrogens with zero attached hydrogens (tertiary/aromatic N) is 10. The van der Waals surface area contributed by atoms with E-state index in [1.54, 1.807) is 0 Å². The summed E-state index contributed by atoms with van der Waals surface area (Å²) in [5, 5.41) is 65.1. The first-order chi connectivity index (χ1) is 28.2. The zero-order valence-electron chi connectivity index (χ0n) is 39.7. The van der Waals surface area contributed by atoms with Crippen LogP contribution in [-0.2, 0) is 20.8 Å². The molecule has 0 spiro atoms. The minimum atomic E-state index is -0.670. The monoisotopic (exact) mass is 902 g/mol. The van der Waals surface area contributed by atoms with Crippen molar-refractivity contribution in [2.24, 2.45) is 0 Å². The molecule has 4 aliphatic heterocycles. The summed E-state index contributed by atoms with van der Waals surface area (Å²) in [5.41, 5.74) is -5.17. The fourth-order valence-corrected chi connectivity index (χ4v) is 12.5. The van der Waals surface area contributed by atoms with Gasteiger partial charge in [0, 0.05) is 82.1 Å². The SMILES string of the molecule is CC1(C)CC(Nc2nc(OC3CC(C)(C)N([O])C(C)(C)C3)nc(SSc3nc(NC4CC(C)(C)N([O])C(C)(C)C4)nc(OC4CC(C)(C)N([O])C(C)(C)C4)n3)n2)CC(C)(C)N1[O]. The Balaban J connectivity index is 1.31. The quantitative estimate of drug-likeness (QED) is 0.205. The summed E-state index contributed by atoms with van der Waals surface area (Å²) >= 11 is 0. The Morgan fingerprint density at radius 1 is 0.403 bits per heavy atom. The zero-order chi connectivity index (χ0) is 46.2. The summed E-state index contributed by atoms with van der Waals surface area (Å²) in [6.07, 6.45) is 3.50. The molecule has 18 nitrogen and oxygen atoms in total. The normalized spacial score (nSPS) is 26.8. The second-order valence-corrected chi connectivity index (χ2v) is 25.2. The van der Waals surface area contributed by atoms with Crippen molar-refractivity contribution in [3.63, 3.8) is 0 Å². The van der Waals surface area contributed by atoms with Crippen LogP contribution in [0.2, 0.25) is 0 Å². The zero-order valence-corrected chi connectivity index (χ0v) is 41.3. The average Bonchev–Trinajstić information content (AvgIpc) is 3.09. The van der Waals surface area contributed by atoms with Crippen molar-refractivity contribution in [3.05, 3.63) is 0 Å². The van der Waals surface area contributed by atoms with E-state index < -0.39 is 44.3 Å². The molecule has 346 valence electrons. The maximum absolute atomic E-state index is 13.2. The molecule has 20 heteroatoms. The summed E-state index contributed by atoms with van der Waals surface area (Å²) in [6.45, 7) is 30.9. The molecular weight excluding hydrogens is 833 g/mol. The Morgan fingerprint density at radius 3 is 0.903 bits per heavy atom. The Kier molecular flexibility index (Phi) is 13.3. The largest absolute Gasteiger partial charge is 0.460 e. The molecule has 4 aliphatic rings. The highest BCUT2D eigenvalue weighted by atomic mass is 33.1. The average molecular weight is 903 g/mol. The number of aromatic nitrogens is 6. The van der Waals surface area contributed by atoms with Crippen LogP contribution in [0.4, 0.5) is 11.9 Å². The van der Waals surface area contributed by atoms with E-state index in [1.165, 1.54) is 31.7 Å². The first-order valence-corrected chi connectivity index (χ1v) is 24.0. The molecule has 0 atom stereocenters. The number of hydrogen-bond donors (Lipinski definition) is 2. The van der Waals surface area contributed by atoms with Gasteiger partial charge in [-0.15, -0.1) is 41.1 Å². The molecule has 2 aromatic rings. The van der Waals surface area contributed by atoms with Crippen LogP contribution in [-0.4, -0.2) is 119 Å². The standard InChI is InChI=1S/C42H70N12O6S2/c1-35(2)17-25(18-36(3,4)51(35)55)43-29-45-31(59-27-21-39(9,10)53(57)40(11,12)22-27)49-33(47-29)61-62-34-48-30(44-26-19-37(5,6)52(56)38(7,8)20-26)46-32(50-34)60-28-23-41(13,14)54(58)42(15,16)24-28/h25-28H,17-24H2,1-16H3,(H,43,45,47,49)(H,44,46,48,50). The van der Waals surface area contributed by atoms with E-state index in [9.17, 15) is 20.8 Å². The van der Waals surface area contributed by atoms with E-state index in [-0.39, 0.29) is 36.3 Å². The Hall–Kier alpha value is -2.40. The third-order valence-corrected chi connectivity index (χ3v) is 14.8. The fraction of sp³-hybridized carbons (Fsp3) is 0.857. The number of hydroxylamine groups is 8. The summed E-state index contributed by atoms with van der Waals surface area (Å²) in [5.74, 6) is 0.612. The lowest BCUT2D eigenvalue weighted by Crippen LogP contribution is -2.60. The summed E-state index contributed by atoms with van der Waals surface area (Å²) < 4.78 is 13.0. The van der Waals surface area contributed by atoms with Gasteiger partial charge in [0.2, 0.25) is 22.2 Å². The van der Waals surface area contributed by atoms with Crippen molar-refractivity contribution in [3.8, 4) is 12.0 Å². The lowest BCUT2D eigenvalue weighted by Gasteiger charge is -2.50. The van der Waals surface area contributed by atoms with Crippen molar-refractivity contribution in [2.45, 2.75) is 241 Å². The smallest absolute Gasteiger partial charge is 0.322 e. The summed E-state index contributed by atoms with van der Waals surface area (Å²) in [7, 11) is 2.44. The van der Waals surface area contributed by atoms with Crippen LogP contribution >= 0.6 is 21.6 Å². The Bertz CT molecular complexity index is 1600. The van der Waals surface area contributed by atoms with E-state index in [2.05, 4.69) is 10.6 Å². The fourth-order valence-electron chi connectivity index (χ4n) is 11.0. The van der Waals surface area contributed by atoms with Gasteiger partial charge in [-0.1, -0.05) is 0 Å². The van der Waals surface area contributed by atoms with E-state index in [0.29, 0.717) is 73.6 Å². The lowest BCUT2D eigenvalue weighted by molar-refractivity contribution is -0.297. The molecule has 0 aromatic carbocycles. The summed E-state index contributed by atoms with van der Waals surface area (Å²) in [4.78, 5) is 28.6. The highest BCUT2D eigenvalue weighted by molar-refractivity contribution is 8.76. The molecular formula is C42H70N12O6S2. The van der Waals surface area contributed by atoms with Gasteiger partial charge in [0.25, 0.3) is 0 Å². The predicted octanol–water partition coefficient (Wildman–Crippen LogP) is 7.91. The number of hydrogen-bond acceptors (Lipinski definition) is 16. The predicted molar refractivity (Wildman–Crippen MR) is 235 cm³/mol. The van der Waals surface area contributed by atoms with Crippen molar-refractivity contribution in [1.29, 1.82) is 0 Å². The molecule has 0 aliphatic carbocycles. The lowest BCUT2D eigenvalue weighted by atomic mass is 9.79. The van der Waals surface area contributed by atoms with Crippen molar-refractivity contribution < 1.29 is 30.3 Å².